The van der Waals surface area contributed by atoms with Crippen molar-refractivity contribution in [2.75, 3.05) is 0 Å². The van der Waals surface area contributed by atoms with Gasteiger partial charge in [-0.25, -0.2) is 0 Å². The average molecular weight is 365 g/mol. The molecule has 0 fully saturated rings. The van der Waals surface area contributed by atoms with Gasteiger partial charge in [0.25, 0.3) is 15.3 Å². The Morgan fingerprint density at radius 2 is 1.23 bits per heavy atom. The van der Waals surface area contributed by atoms with Gasteiger partial charge in [0, 0.05) is 6.07 Å². The van der Waals surface area contributed by atoms with Gasteiger partial charge >= 0.3 is 0 Å². The van der Waals surface area contributed by atoms with Crippen LogP contribution in [-0.4, -0.2) is 15.3 Å². The van der Waals surface area contributed by atoms with E-state index in [2.05, 4.69) is 24.7 Å². The van der Waals surface area contributed by atoms with Crippen LogP contribution >= 0.6 is 0 Å². The molecule has 134 valence electrons. The highest BCUT2D eigenvalue weighted by Crippen LogP contribution is 2.35. The molecular formula is C12H7N5O9. The van der Waals surface area contributed by atoms with Crippen LogP contribution in [0, 0.1) is 30.3 Å². The normalized spacial score (nSPS) is 10.3. The molecule has 0 saturated heterocycles. The Balaban J connectivity index is 2.36. The molecule has 0 unspecified atom stereocenters. The third-order valence-corrected chi connectivity index (χ3v) is 2.59. The molecule has 0 atom stereocenters. The first kappa shape index (κ1) is 18.0. The fourth-order valence-corrected chi connectivity index (χ4v) is 1.68. The molecule has 26 heavy (non-hydrogen) atoms. The molecule has 0 amide bonds. The molecule has 14 nitrogen and oxygen atoms in total. The predicted molar refractivity (Wildman–Crippen MR) is 79.9 cm³/mol. The first-order chi connectivity index (χ1) is 12.3. The second-order valence-electron chi connectivity index (χ2n) is 4.24. The zero-order chi connectivity index (χ0) is 19.1. The lowest BCUT2D eigenvalue weighted by Crippen LogP contribution is -2.06. The Kier molecular flexibility index (Phi) is 5.50. The predicted octanol–water partition coefficient (Wildman–Crippen LogP) is 2.81. The van der Waals surface area contributed by atoms with Gasteiger partial charge in [-0.2, -0.15) is 0 Å². The van der Waals surface area contributed by atoms with Crippen LogP contribution < -0.4 is 14.5 Å². The molecule has 0 bridgehead atoms. The Bertz CT molecular complexity index is 885. The number of rotatable bonds is 8. The molecule has 0 N–H and O–H groups in total. The molecule has 2 aromatic rings. The molecule has 0 aliphatic heterocycles. The largest absolute Gasteiger partial charge is 0.299 e. The second-order valence-corrected chi connectivity index (χ2v) is 4.24. The summed E-state index contributed by atoms with van der Waals surface area (Å²) in [4.78, 5) is 44.1. The van der Waals surface area contributed by atoms with Gasteiger partial charge < -0.3 is 0 Å². The van der Waals surface area contributed by atoms with Gasteiger partial charge in [0.1, 0.15) is 17.1 Å². The van der Waals surface area contributed by atoms with E-state index in [4.69, 9.17) is 0 Å². The fourth-order valence-electron chi connectivity index (χ4n) is 1.68. The summed E-state index contributed by atoms with van der Waals surface area (Å²) in [7, 11) is 0. The Hall–Kier alpha value is -4.36. The van der Waals surface area contributed by atoms with Gasteiger partial charge in [-0.15, -0.1) is 40.6 Å². The van der Waals surface area contributed by atoms with Crippen LogP contribution in [0.2, 0.25) is 0 Å². The molecule has 0 saturated carbocycles. The van der Waals surface area contributed by atoms with Gasteiger partial charge in [0.2, 0.25) is 0 Å². The molecule has 0 heterocycles. The SMILES string of the molecule is O=[N+]([O-])Oc1ccc(/N=N/c2ccccc2O[N+](=O)[O-])c(O[N+](=O)[O-])c1. The quantitative estimate of drug-likeness (QED) is 0.385. The maximum absolute atomic E-state index is 10.5. The molecule has 0 aliphatic rings. The molecule has 0 spiro atoms. The highest BCUT2D eigenvalue weighted by Gasteiger charge is 2.11. The molecule has 0 aromatic heterocycles. The van der Waals surface area contributed by atoms with E-state index in [1.807, 2.05) is 0 Å². The summed E-state index contributed by atoms with van der Waals surface area (Å²) < 4.78 is 0. The van der Waals surface area contributed by atoms with Crippen LogP contribution in [0.3, 0.4) is 0 Å². The van der Waals surface area contributed by atoms with E-state index in [1.54, 1.807) is 0 Å². The Morgan fingerprint density at radius 1 is 0.692 bits per heavy atom. The van der Waals surface area contributed by atoms with E-state index in [0.717, 1.165) is 18.2 Å². The molecule has 0 aliphatic carbocycles. The number of hydrogen-bond acceptors (Lipinski definition) is 11. The van der Waals surface area contributed by atoms with Crippen molar-refractivity contribution in [2.45, 2.75) is 0 Å². The van der Waals surface area contributed by atoms with Crippen LogP contribution in [0.15, 0.2) is 52.7 Å². The summed E-state index contributed by atoms with van der Waals surface area (Å²) in [5.74, 6) is -1.06. The topological polar surface area (TPSA) is 182 Å². The minimum absolute atomic E-state index is 0.0399. The highest BCUT2D eigenvalue weighted by molar-refractivity contribution is 5.56. The number of hydrogen-bond donors (Lipinski definition) is 0. The number of azo groups is 1. The summed E-state index contributed by atoms with van der Waals surface area (Å²) >= 11 is 0. The first-order valence-electron chi connectivity index (χ1n) is 6.47. The smallest absolute Gasteiger partial charge is 0.276 e. The maximum atomic E-state index is 10.5. The lowest BCUT2D eigenvalue weighted by molar-refractivity contribution is -0.713. The summed E-state index contributed by atoms with van der Waals surface area (Å²) in [6.45, 7) is 0. The fraction of sp³-hybridized carbons (Fsp3) is 0. The lowest BCUT2D eigenvalue weighted by Gasteiger charge is -2.05. The van der Waals surface area contributed by atoms with Gasteiger partial charge in [-0.3, -0.25) is 14.5 Å². The lowest BCUT2D eigenvalue weighted by atomic mass is 10.3. The summed E-state index contributed by atoms with van der Waals surface area (Å²) in [5.41, 5.74) is -0.227. The third-order valence-electron chi connectivity index (χ3n) is 2.59. The van der Waals surface area contributed by atoms with E-state index >= 15 is 0 Å². The highest BCUT2D eigenvalue weighted by atomic mass is 17.0. The van der Waals surface area contributed by atoms with E-state index in [-0.39, 0.29) is 22.9 Å². The second kappa shape index (κ2) is 7.95. The number of para-hydroxylation sites is 1. The minimum atomic E-state index is -1.16. The van der Waals surface area contributed by atoms with Crippen molar-refractivity contribution >= 4 is 11.4 Å². The van der Waals surface area contributed by atoms with E-state index in [1.165, 1.54) is 24.3 Å². The standard InChI is InChI=1S/C12H7N5O9/c18-15(19)24-8-5-6-10(12(7-8)26-17(22)23)14-13-9-3-1-2-4-11(9)25-16(20)21/h1-7H/b14-13+. The van der Waals surface area contributed by atoms with Crippen LogP contribution in [0.1, 0.15) is 0 Å². The van der Waals surface area contributed by atoms with Gasteiger partial charge in [0.05, 0.1) is 0 Å². The molecule has 0 radical (unpaired) electrons. The Morgan fingerprint density at radius 3 is 1.85 bits per heavy atom. The Labute approximate surface area is 142 Å². The van der Waals surface area contributed by atoms with Crippen LogP contribution in [-0.2, 0) is 0 Å². The van der Waals surface area contributed by atoms with Crippen molar-refractivity contribution in [1.29, 1.82) is 0 Å². The minimum Gasteiger partial charge on any atom is -0.276 e. The summed E-state index contributed by atoms with van der Waals surface area (Å²) in [6.07, 6.45) is 0. The van der Waals surface area contributed by atoms with Crippen molar-refractivity contribution in [3.05, 3.63) is 72.8 Å². The van der Waals surface area contributed by atoms with Crippen molar-refractivity contribution in [3.63, 3.8) is 0 Å². The van der Waals surface area contributed by atoms with Gasteiger partial charge in [-0.1, -0.05) is 12.1 Å². The zero-order valence-electron chi connectivity index (χ0n) is 12.5. The zero-order valence-corrected chi connectivity index (χ0v) is 12.5. The van der Waals surface area contributed by atoms with E-state index in [9.17, 15) is 30.3 Å². The maximum Gasteiger partial charge on any atom is 0.299 e. The van der Waals surface area contributed by atoms with Crippen molar-refractivity contribution in [2.24, 2.45) is 10.2 Å². The van der Waals surface area contributed by atoms with Crippen molar-refractivity contribution in [3.8, 4) is 17.2 Å². The summed E-state index contributed by atoms with van der Waals surface area (Å²) in [5, 5.41) is 35.4. The van der Waals surface area contributed by atoms with Crippen LogP contribution in [0.5, 0.6) is 17.2 Å². The average Bonchev–Trinajstić information content (AvgIpc) is 2.54. The molecule has 2 aromatic carbocycles. The monoisotopic (exact) mass is 365 g/mol. The van der Waals surface area contributed by atoms with Crippen molar-refractivity contribution < 1.29 is 29.8 Å². The third kappa shape index (κ3) is 5.08. The molecular weight excluding hydrogens is 358 g/mol. The van der Waals surface area contributed by atoms with Crippen LogP contribution in [0.4, 0.5) is 11.4 Å². The van der Waals surface area contributed by atoms with E-state index in [0.29, 0.717) is 0 Å². The van der Waals surface area contributed by atoms with Crippen molar-refractivity contribution in [1.82, 2.24) is 0 Å². The molecule has 14 heteroatoms. The molecule has 2 rings (SSSR count). The summed E-state index contributed by atoms with van der Waals surface area (Å²) in [6, 6.07) is 8.65. The van der Waals surface area contributed by atoms with E-state index < -0.39 is 21.0 Å². The number of benzene rings is 2. The van der Waals surface area contributed by atoms with Gasteiger partial charge in [-0.05, 0) is 24.3 Å². The first-order valence-corrected chi connectivity index (χ1v) is 6.47. The van der Waals surface area contributed by atoms with Gasteiger partial charge in [0.15, 0.2) is 11.5 Å². The number of nitrogens with zero attached hydrogens (tertiary/aromatic N) is 5. The van der Waals surface area contributed by atoms with Crippen LogP contribution in [0.25, 0.3) is 0 Å².